The number of pyridine rings is 2. The van der Waals surface area contributed by atoms with Crippen LogP contribution in [0.2, 0.25) is 0 Å². The fourth-order valence-electron chi connectivity index (χ4n) is 5.54. The van der Waals surface area contributed by atoms with E-state index in [4.69, 9.17) is 0 Å². The molecule has 0 aliphatic carbocycles. The van der Waals surface area contributed by atoms with E-state index < -0.39 is 0 Å². The van der Waals surface area contributed by atoms with Crippen molar-refractivity contribution in [1.82, 2.24) is 0 Å². The predicted octanol–water partition coefficient (Wildman–Crippen LogP) is 3.88. The summed E-state index contributed by atoms with van der Waals surface area (Å²) in [5.41, 5.74) is 6.87. The zero-order valence-electron chi connectivity index (χ0n) is 27.7. The molecule has 2 aromatic heterocycles. The fourth-order valence-corrected chi connectivity index (χ4v) is 7.47. The lowest BCUT2D eigenvalue weighted by atomic mass is 10.1. The largest absolute Gasteiger partial charge is 0.395 e. The molecule has 256 valence electrons. The summed E-state index contributed by atoms with van der Waals surface area (Å²) in [5.74, 6) is 2.04. The Morgan fingerprint density at radius 3 is 1.65 bits per heavy atom. The smallest absolute Gasteiger partial charge is 0.205 e. The van der Waals surface area contributed by atoms with Gasteiger partial charge >= 0.3 is 0 Å². The average molecular weight is 691 g/mol. The summed E-state index contributed by atoms with van der Waals surface area (Å²) >= 11 is 0. The lowest BCUT2D eigenvalue weighted by molar-refractivity contribution is -0.699. The third-order valence-corrected chi connectivity index (χ3v) is 10.4. The van der Waals surface area contributed by atoms with E-state index in [-0.39, 0.29) is 26.4 Å². The molecular formula is C38H50N4O4S2+2. The van der Waals surface area contributed by atoms with Gasteiger partial charge in [0.2, 0.25) is 5.69 Å². The quantitative estimate of drug-likeness (QED) is 0.0562. The standard InChI is InChI=1S/C38H50N4O4S2/c43-27-21-41(22-28-44)37-15-9-33(10-16-37)7-13-35-5-1-3-19-39(35)25-31-47-48-32-26-40-20-4-2-6-36(40)14-8-34-11-17-38(18-12-34)42(23-29-45)24-30-46/h1-7,9-13,15-20,43-46H,8,14,21-32H2/q+2. The molecule has 0 radical (unpaired) electrons. The summed E-state index contributed by atoms with van der Waals surface area (Å²) in [7, 11) is 3.83. The number of aliphatic hydroxyl groups excluding tert-OH is 4. The van der Waals surface area contributed by atoms with Gasteiger partial charge in [-0.3, -0.25) is 0 Å². The van der Waals surface area contributed by atoms with Crippen molar-refractivity contribution in [3.63, 3.8) is 0 Å². The lowest BCUT2D eigenvalue weighted by Gasteiger charge is -2.23. The molecule has 4 aromatic rings. The molecule has 0 unspecified atom stereocenters. The number of hydrogen-bond donors (Lipinski definition) is 4. The second-order valence-corrected chi connectivity index (χ2v) is 14.0. The van der Waals surface area contributed by atoms with Gasteiger partial charge in [-0.05, 0) is 54.0 Å². The minimum atomic E-state index is 0.0531. The molecule has 0 amide bonds. The van der Waals surface area contributed by atoms with Crippen molar-refractivity contribution >= 4 is 45.1 Å². The maximum atomic E-state index is 9.32. The Morgan fingerprint density at radius 2 is 1.06 bits per heavy atom. The van der Waals surface area contributed by atoms with Gasteiger partial charge in [0.15, 0.2) is 31.2 Å². The van der Waals surface area contributed by atoms with Crippen molar-refractivity contribution in [3.8, 4) is 0 Å². The number of anilines is 2. The summed E-state index contributed by atoms with van der Waals surface area (Å²) in [6.07, 6.45) is 10.5. The van der Waals surface area contributed by atoms with E-state index in [0.717, 1.165) is 60.1 Å². The molecular weight excluding hydrogens is 641 g/mol. The van der Waals surface area contributed by atoms with Crippen LogP contribution in [0, 0.1) is 0 Å². The first-order chi connectivity index (χ1) is 23.6. The Bertz CT molecular complexity index is 1490. The van der Waals surface area contributed by atoms with Crippen molar-refractivity contribution in [2.75, 3.05) is 73.9 Å². The first-order valence-electron chi connectivity index (χ1n) is 16.7. The van der Waals surface area contributed by atoms with Gasteiger partial charge in [0.1, 0.15) is 0 Å². The van der Waals surface area contributed by atoms with Crippen molar-refractivity contribution < 1.29 is 29.6 Å². The number of benzene rings is 2. The van der Waals surface area contributed by atoms with Crippen LogP contribution in [0.1, 0.15) is 22.5 Å². The maximum Gasteiger partial charge on any atom is 0.205 e. The van der Waals surface area contributed by atoms with Crippen LogP contribution in [0.15, 0.2) is 97.3 Å². The van der Waals surface area contributed by atoms with Gasteiger partial charge in [0.05, 0.1) is 37.9 Å². The van der Waals surface area contributed by atoms with E-state index in [1.807, 2.05) is 43.5 Å². The van der Waals surface area contributed by atoms with Gasteiger partial charge in [-0.25, -0.2) is 4.57 Å². The summed E-state index contributed by atoms with van der Waals surface area (Å²) in [4.78, 5) is 3.97. The molecule has 0 saturated heterocycles. The van der Waals surface area contributed by atoms with E-state index in [1.54, 1.807) is 0 Å². The zero-order chi connectivity index (χ0) is 33.8. The average Bonchev–Trinajstić information content (AvgIpc) is 3.12. The van der Waals surface area contributed by atoms with Gasteiger partial charge in [-0.1, -0.05) is 51.9 Å². The molecule has 0 saturated carbocycles. The van der Waals surface area contributed by atoms with Crippen molar-refractivity contribution in [1.29, 1.82) is 0 Å². The summed E-state index contributed by atoms with van der Waals surface area (Å²) in [6, 6.07) is 29.4. The van der Waals surface area contributed by atoms with Gasteiger partial charge in [0.25, 0.3) is 0 Å². The van der Waals surface area contributed by atoms with Crippen LogP contribution >= 0.6 is 21.6 Å². The van der Waals surface area contributed by atoms with Crippen LogP contribution in [0.3, 0.4) is 0 Å². The van der Waals surface area contributed by atoms with Crippen LogP contribution < -0.4 is 18.9 Å². The monoisotopic (exact) mass is 690 g/mol. The van der Waals surface area contributed by atoms with Crippen molar-refractivity contribution in [2.24, 2.45) is 0 Å². The Hall–Kier alpha value is -3.38. The Morgan fingerprint density at radius 1 is 0.542 bits per heavy atom. The molecule has 4 rings (SSSR count). The molecule has 0 spiro atoms. The van der Waals surface area contributed by atoms with Gasteiger partial charge in [-0.2, -0.15) is 4.57 Å². The molecule has 0 atom stereocenters. The minimum Gasteiger partial charge on any atom is -0.395 e. The Kier molecular flexibility index (Phi) is 16.8. The Balaban J connectivity index is 1.21. The summed E-state index contributed by atoms with van der Waals surface area (Å²) in [5, 5.41) is 37.3. The van der Waals surface area contributed by atoms with Crippen LogP contribution in [0.4, 0.5) is 11.4 Å². The highest BCUT2D eigenvalue weighted by Gasteiger charge is 2.12. The van der Waals surface area contributed by atoms with E-state index >= 15 is 0 Å². The third kappa shape index (κ3) is 12.3. The number of aliphatic hydroxyl groups is 4. The number of aryl methyl sites for hydroxylation is 4. The molecule has 4 N–H and O–H groups in total. The number of aromatic nitrogens is 2. The molecule has 10 heteroatoms. The number of nitrogens with zero attached hydrogens (tertiary/aromatic N) is 4. The van der Waals surface area contributed by atoms with Gasteiger partial charge in [0, 0.05) is 74.3 Å². The normalized spacial score (nSPS) is 11.3. The predicted molar refractivity (Wildman–Crippen MR) is 200 cm³/mol. The maximum absolute atomic E-state index is 9.32. The van der Waals surface area contributed by atoms with Crippen LogP contribution in [0.5, 0.6) is 0 Å². The van der Waals surface area contributed by atoms with E-state index in [0.29, 0.717) is 26.2 Å². The number of rotatable bonds is 22. The second kappa shape index (κ2) is 21.6. The second-order valence-electron chi connectivity index (χ2n) is 11.3. The highest BCUT2D eigenvalue weighted by molar-refractivity contribution is 8.76. The SMILES string of the molecule is OCCN(CCO)c1ccc(/C=C/c2cccc[n+]2CCSSCC[n+]2ccccc2CCc2ccc(N(CCO)CCO)cc2)cc1. The molecule has 0 bridgehead atoms. The van der Waals surface area contributed by atoms with Gasteiger partial charge in [-0.15, -0.1) is 0 Å². The van der Waals surface area contributed by atoms with Gasteiger partial charge < -0.3 is 30.2 Å². The molecule has 0 aliphatic heterocycles. The number of hydrogen-bond acceptors (Lipinski definition) is 8. The summed E-state index contributed by atoms with van der Waals surface area (Å²) in [6.45, 7) is 4.15. The minimum absolute atomic E-state index is 0.0531. The van der Waals surface area contributed by atoms with Crippen LogP contribution in [0.25, 0.3) is 12.2 Å². The first-order valence-corrected chi connectivity index (χ1v) is 19.1. The molecule has 8 nitrogen and oxygen atoms in total. The first kappa shape index (κ1) is 37.4. The molecule has 0 fully saturated rings. The van der Waals surface area contributed by atoms with Crippen molar-refractivity contribution in [3.05, 3.63) is 120 Å². The topological polar surface area (TPSA) is 95.2 Å². The highest BCUT2D eigenvalue weighted by atomic mass is 33.1. The van der Waals surface area contributed by atoms with E-state index in [2.05, 4.69) is 106 Å². The summed E-state index contributed by atoms with van der Waals surface area (Å²) < 4.78 is 4.65. The highest BCUT2D eigenvalue weighted by Crippen LogP contribution is 2.21. The van der Waals surface area contributed by atoms with Crippen LogP contribution in [-0.4, -0.2) is 84.5 Å². The molecule has 2 heterocycles. The van der Waals surface area contributed by atoms with Crippen molar-refractivity contribution in [2.45, 2.75) is 25.9 Å². The fraction of sp³-hybridized carbons (Fsp3) is 0.368. The zero-order valence-corrected chi connectivity index (χ0v) is 29.3. The van der Waals surface area contributed by atoms with E-state index in [9.17, 15) is 20.4 Å². The van der Waals surface area contributed by atoms with Crippen LogP contribution in [-0.2, 0) is 25.9 Å². The molecule has 2 aromatic carbocycles. The lowest BCUT2D eigenvalue weighted by Crippen LogP contribution is -2.39. The Labute approximate surface area is 293 Å². The van der Waals surface area contributed by atoms with E-state index in [1.165, 1.54) is 11.3 Å². The molecule has 48 heavy (non-hydrogen) atoms. The molecule has 0 aliphatic rings. The third-order valence-electron chi connectivity index (χ3n) is 8.08.